The third-order valence-corrected chi connectivity index (χ3v) is 7.19. The number of rotatable bonds is 7. The fourth-order valence-corrected chi connectivity index (χ4v) is 5.12. The van der Waals surface area contributed by atoms with Crippen molar-refractivity contribution in [3.63, 3.8) is 0 Å². The molecule has 2 saturated heterocycles. The molecule has 188 valence electrons. The van der Waals surface area contributed by atoms with Crippen molar-refractivity contribution < 1.29 is 8.78 Å². The van der Waals surface area contributed by atoms with Gasteiger partial charge in [-0.3, -0.25) is 5.43 Å². The first-order chi connectivity index (χ1) is 16.8. The zero-order valence-corrected chi connectivity index (χ0v) is 21.2. The number of piperidine rings is 1. The van der Waals surface area contributed by atoms with Crippen LogP contribution in [0.1, 0.15) is 30.4 Å². The Balaban J connectivity index is 1.51. The summed E-state index contributed by atoms with van der Waals surface area (Å²) in [5.74, 6) is 0.0434. The van der Waals surface area contributed by atoms with Crippen LogP contribution >= 0.6 is 12.2 Å². The van der Waals surface area contributed by atoms with Crippen LogP contribution in [0.2, 0.25) is 0 Å². The lowest BCUT2D eigenvalue weighted by molar-refractivity contribution is 0.315. The highest BCUT2D eigenvalue weighted by Crippen LogP contribution is 2.34. The Morgan fingerprint density at radius 2 is 1.77 bits per heavy atom. The molecule has 0 saturated carbocycles. The molecule has 35 heavy (non-hydrogen) atoms. The number of halogens is 2. The maximum absolute atomic E-state index is 15.3. The maximum Gasteiger partial charge on any atom is 0.184 e. The second kappa shape index (κ2) is 11.3. The normalized spacial score (nSPS) is 19.2. The van der Waals surface area contributed by atoms with Gasteiger partial charge in [0.05, 0.1) is 11.9 Å². The van der Waals surface area contributed by atoms with Gasteiger partial charge in [0.25, 0.3) is 0 Å². The van der Waals surface area contributed by atoms with Crippen LogP contribution in [-0.4, -0.2) is 62.5 Å². The molecule has 2 aliphatic heterocycles. The number of nitrogens with zero attached hydrogens (tertiary/aromatic N) is 4. The molecule has 2 fully saturated rings. The van der Waals surface area contributed by atoms with Crippen molar-refractivity contribution in [2.45, 2.75) is 31.7 Å². The quantitative estimate of drug-likeness (QED) is 0.343. The van der Waals surface area contributed by atoms with Crippen molar-refractivity contribution in [3.8, 4) is 0 Å². The van der Waals surface area contributed by atoms with E-state index in [2.05, 4.69) is 39.3 Å². The van der Waals surface area contributed by atoms with E-state index in [0.717, 1.165) is 63.1 Å². The summed E-state index contributed by atoms with van der Waals surface area (Å²) in [5, 5.41) is 4.15. The van der Waals surface area contributed by atoms with Gasteiger partial charge in [0.15, 0.2) is 5.11 Å². The van der Waals surface area contributed by atoms with Crippen molar-refractivity contribution >= 4 is 34.9 Å². The molecule has 2 heterocycles. The van der Waals surface area contributed by atoms with E-state index in [1.807, 2.05) is 18.2 Å². The minimum atomic E-state index is -0.258. The second-order valence-corrected chi connectivity index (χ2v) is 10.1. The molecular formula is C26H34F2N6S. The summed E-state index contributed by atoms with van der Waals surface area (Å²) in [7, 11) is 4.18. The fourth-order valence-electron chi connectivity index (χ4n) is 5.07. The van der Waals surface area contributed by atoms with Crippen LogP contribution in [-0.2, 0) is 6.42 Å². The largest absolute Gasteiger partial charge is 0.375 e. The molecule has 0 radical (unpaired) electrons. The molecule has 4 rings (SSSR count). The highest BCUT2D eigenvalue weighted by atomic mass is 32.1. The third-order valence-electron chi connectivity index (χ3n) is 7.10. The van der Waals surface area contributed by atoms with Gasteiger partial charge in [-0.15, -0.1) is 0 Å². The van der Waals surface area contributed by atoms with E-state index in [0.29, 0.717) is 23.2 Å². The Morgan fingerprint density at radius 1 is 1.09 bits per heavy atom. The van der Waals surface area contributed by atoms with E-state index in [4.69, 9.17) is 18.0 Å². The van der Waals surface area contributed by atoms with Gasteiger partial charge in [0.2, 0.25) is 0 Å². The average molecular weight is 501 g/mol. The molecule has 9 heteroatoms. The lowest BCUT2D eigenvalue weighted by Gasteiger charge is -2.35. The number of nitrogens with one attached hydrogen (secondary N) is 1. The van der Waals surface area contributed by atoms with Crippen LogP contribution in [0.3, 0.4) is 0 Å². The number of anilines is 2. The highest BCUT2D eigenvalue weighted by Gasteiger charge is 2.28. The summed E-state index contributed by atoms with van der Waals surface area (Å²) in [6.07, 6.45) is 5.50. The molecular weight excluding hydrogens is 466 g/mol. The van der Waals surface area contributed by atoms with Crippen LogP contribution in [0.15, 0.2) is 41.5 Å². The molecule has 6 nitrogen and oxygen atoms in total. The van der Waals surface area contributed by atoms with E-state index in [9.17, 15) is 4.39 Å². The summed E-state index contributed by atoms with van der Waals surface area (Å²) in [5.41, 5.74) is 11.5. The van der Waals surface area contributed by atoms with E-state index in [-0.39, 0.29) is 16.7 Å². The fraction of sp³-hybridized carbons (Fsp3) is 0.462. The van der Waals surface area contributed by atoms with Gasteiger partial charge in [-0.2, -0.15) is 5.10 Å². The lowest BCUT2D eigenvalue weighted by atomic mass is 9.90. The topological polar surface area (TPSA) is 60.1 Å². The van der Waals surface area contributed by atoms with Crippen LogP contribution in [0, 0.1) is 17.6 Å². The van der Waals surface area contributed by atoms with Gasteiger partial charge in [-0.25, -0.2) is 8.78 Å². The van der Waals surface area contributed by atoms with E-state index >= 15 is 4.39 Å². The standard InChI is InChI=1S/C26H34F2N6S/c1-32(2)22-9-12-34(17-22)24-15-25(23(28)14-20(24)16-30-31-26(29)35)33-10-7-19(8-11-33)13-18-3-5-21(27)6-4-18/h3-6,14-16,19,22H,7-13,17H2,1-2H3,(H3,29,31,35)/b30-16+/t22-/m1/s1. The smallest absolute Gasteiger partial charge is 0.184 e. The first-order valence-corrected chi connectivity index (χ1v) is 12.5. The second-order valence-electron chi connectivity index (χ2n) is 9.71. The number of hydrazone groups is 1. The van der Waals surface area contributed by atoms with Gasteiger partial charge >= 0.3 is 0 Å². The van der Waals surface area contributed by atoms with Gasteiger partial charge in [0.1, 0.15) is 11.6 Å². The van der Waals surface area contributed by atoms with Crippen molar-refractivity contribution in [3.05, 3.63) is 59.2 Å². The Morgan fingerprint density at radius 3 is 2.40 bits per heavy atom. The van der Waals surface area contributed by atoms with Gasteiger partial charge < -0.3 is 20.4 Å². The summed E-state index contributed by atoms with van der Waals surface area (Å²) in [6.45, 7) is 3.36. The van der Waals surface area contributed by atoms with Crippen molar-refractivity contribution in [1.82, 2.24) is 10.3 Å². The molecule has 0 bridgehead atoms. The SMILES string of the molecule is CN(C)[C@@H]1CCN(c2cc(N3CCC(Cc4ccc(F)cc4)CC3)c(F)cc2/C=N/NC(N)=S)C1. The van der Waals surface area contributed by atoms with Gasteiger partial charge in [0, 0.05) is 43.5 Å². The number of nitrogens with two attached hydrogens (primary N) is 1. The lowest BCUT2D eigenvalue weighted by Crippen LogP contribution is -2.35. The zero-order valence-electron chi connectivity index (χ0n) is 20.4. The Bertz CT molecular complexity index is 1050. The summed E-state index contributed by atoms with van der Waals surface area (Å²) >= 11 is 4.82. The summed E-state index contributed by atoms with van der Waals surface area (Å²) < 4.78 is 28.5. The number of likely N-dealkylation sites (N-methyl/N-ethyl adjacent to an activating group) is 1. The van der Waals surface area contributed by atoms with Crippen molar-refractivity contribution in [1.29, 1.82) is 0 Å². The molecule has 0 amide bonds. The van der Waals surface area contributed by atoms with Crippen molar-refractivity contribution in [2.75, 3.05) is 50.1 Å². The van der Waals surface area contributed by atoms with E-state index in [1.54, 1.807) is 12.3 Å². The molecule has 1 atom stereocenters. The number of hydrogen-bond donors (Lipinski definition) is 2. The van der Waals surface area contributed by atoms with Gasteiger partial charge in [-0.1, -0.05) is 12.1 Å². The molecule has 3 N–H and O–H groups in total. The first-order valence-electron chi connectivity index (χ1n) is 12.1. The van der Waals surface area contributed by atoms with E-state index < -0.39 is 0 Å². The average Bonchev–Trinajstić information content (AvgIpc) is 3.32. The predicted octanol–water partition coefficient (Wildman–Crippen LogP) is 3.73. The highest BCUT2D eigenvalue weighted by molar-refractivity contribution is 7.80. The number of thiocarbonyl (C=S) groups is 1. The molecule has 0 aromatic heterocycles. The molecule has 2 aromatic rings. The minimum Gasteiger partial charge on any atom is -0.375 e. The Hall–Kier alpha value is -2.78. The minimum absolute atomic E-state index is 0.0669. The first kappa shape index (κ1) is 25.3. The molecule has 2 aliphatic rings. The Labute approximate surface area is 211 Å². The van der Waals surface area contributed by atoms with Crippen molar-refractivity contribution in [2.24, 2.45) is 16.8 Å². The summed E-state index contributed by atoms with van der Waals surface area (Å²) in [6, 6.07) is 10.7. The third kappa shape index (κ3) is 6.46. The Kier molecular flexibility index (Phi) is 8.18. The number of hydrogen-bond acceptors (Lipinski definition) is 5. The molecule has 0 aliphatic carbocycles. The van der Waals surface area contributed by atoms with Crippen LogP contribution in [0.5, 0.6) is 0 Å². The monoisotopic (exact) mass is 500 g/mol. The van der Waals surface area contributed by atoms with E-state index in [1.165, 1.54) is 12.1 Å². The molecule has 2 aromatic carbocycles. The van der Waals surface area contributed by atoms with Crippen LogP contribution in [0.4, 0.5) is 20.2 Å². The molecule has 0 spiro atoms. The van der Waals surface area contributed by atoms with Crippen LogP contribution in [0.25, 0.3) is 0 Å². The summed E-state index contributed by atoms with van der Waals surface area (Å²) in [4.78, 5) is 6.68. The zero-order chi connectivity index (χ0) is 24.9. The predicted molar refractivity (Wildman–Crippen MR) is 143 cm³/mol. The number of benzene rings is 2. The molecule has 0 unspecified atom stereocenters. The van der Waals surface area contributed by atoms with Gasteiger partial charge in [-0.05, 0) is 87.7 Å². The maximum atomic E-state index is 15.3. The van der Waals surface area contributed by atoms with Crippen LogP contribution < -0.4 is 21.0 Å².